The minimum absolute atomic E-state index is 1.56. The molecule has 14 nitrogen and oxygen atoms in total. The van der Waals surface area contributed by atoms with Crippen molar-refractivity contribution in [2.45, 2.75) is 6.23 Å². The summed E-state index contributed by atoms with van der Waals surface area (Å²) >= 11 is 0. The first-order valence-corrected chi connectivity index (χ1v) is 8.15. The van der Waals surface area contributed by atoms with Crippen LogP contribution in [0.25, 0.3) is 10.4 Å². The van der Waals surface area contributed by atoms with E-state index in [1.165, 1.54) is 0 Å². The maximum atomic E-state index is 12.3. The van der Waals surface area contributed by atoms with Gasteiger partial charge in [-0.2, -0.15) is 17.4 Å². The van der Waals surface area contributed by atoms with Crippen LogP contribution in [0.3, 0.4) is 0 Å². The Bertz CT molecular complexity index is 535. The second-order valence-electron chi connectivity index (χ2n) is 2.42. The number of alkyl halides is 2. The number of phosphoric acid groups is 3. The highest BCUT2D eigenvalue weighted by atomic mass is 31.3. The molecule has 0 saturated heterocycles. The zero-order chi connectivity index (χ0) is 16.2. The summed E-state index contributed by atoms with van der Waals surface area (Å²) in [5.41, 5.74) is 7.63. The van der Waals surface area contributed by atoms with E-state index < -0.39 is 29.7 Å². The number of nitrogens with zero attached hydrogens (tertiary/aromatic N) is 3. The van der Waals surface area contributed by atoms with Crippen LogP contribution in [0.5, 0.6) is 0 Å². The highest BCUT2D eigenvalue weighted by molar-refractivity contribution is 7.66. The summed E-state index contributed by atoms with van der Waals surface area (Å²) in [4.78, 5) is 37.9. The molecule has 0 rings (SSSR count). The van der Waals surface area contributed by atoms with Gasteiger partial charge in [-0.1, -0.05) is 0 Å². The molecule has 0 saturated carbocycles. The minimum atomic E-state index is -5.89. The summed E-state index contributed by atoms with van der Waals surface area (Å²) in [5, 5.41) is 1.64. The largest absolute Gasteiger partial charge is 0.508 e. The Morgan fingerprint density at radius 3 is 1.95 bits per heavy atom. The molecule has 20 heavy (non-hydrogen) atoms. The van der Waals surface area contributed by atoms with Gasteiger partial charge in [0.1, 0.15) is 0 Å². The van der Waals surface area contributed by atoms with Crippen molar-refractivity contribution in [1.29, 1.82) is 0 Å². The summed E-state index contributed by atoms with van der Waals surface area (Å²) in [5.74, 6) is 0. The van der Waals surface area contributed by atoms with Crippen molar-refractivity contribution < 1.29 is 60.2 Å². The van der Waals surface area contributed by atoms with Gasteiger partial charge in [0.2, 0.25) is 0 Å². The van der Waals surface area contributed by atoms with E-state index in [0.29, 0.717) is 0 Å². The van der Waals surface area contributed by atoms with Crippen LogP contribution < -0.4 is 0 Å². The number of azide groups is 1. The Labute approximate surface area is 106 Å². The van der Waals surface area contributed by atoms with Gasteiger partial charge in [0.05, 0.1) is 0 Å². The molecule has 0 aromatic heterocycles. The number of rotatable bonds is 8. The molecule has 0 heterocycles. The van der Waals surface area contributed by atoms with Gasteiger partial charge in [-0.25, -0.2) is 13.7 Å². The molecule has 0 fully saturated rings. The van der Waals surface area contributed by atoms with Gasteiger partial charge in [0.15, 0.2) is 0 Å². The van der Waals surface area contributed by atoms with Crippen molar-refractivity contribution in [2.24, 2.45) is 5.11 Å². The lowest BCUT2D eigenvalue weighted by molar-refractivity contribution is -0.393. The lowest BCUT2D eigenvalue weighted by Gasteiger charge is -2.16. The van der Waals surface area contributed by atoms with E-state index in [9.17, 15) is 22.5 Å². The van der Waals surface area contributed by atoms with Crippen molar-refractivity contribution in [2.75, 3.05) is 0 Å². The monoisotopic (exact) mass is 365 g/mol. The van der Waals surface area contributed by atoms with Crippen molar-refractivity contribution in [1.82, 2.24) is 0 Å². The van der Waals surface area contributed by atoms with E-state index in [0.717, 1.165) is 0 Å². The molecule has 118 valence electrons. The Kier molecular flexibility index (Phi) is 6.39. The minimum Gasteiger partial charge on any atom is -0.302 e. The van der Waals surface area contributed by atoms with Gasteiger partial charge in [0.25, 0.3) is 0 Å². The standard InChI is InChI=1S/CH4F2N3O11P3/c2-1(3,5-6-4)14-15-19(10,11)17-20(12,13)16-18(7,8)9/h(H,10,11)(H,12,13)(H2,7,8,9). The molecule has 0 aromatic carbocycles. The molecular weight excluding hydrogens is 361 g/mol. The molecular formula is CH4F2N3O11P3. The van der Waals surface area contributed by atoms with Crippen LogP contribution in [0.1, 0.15) is 0 Å². The van der Waals surface area contributed by atoms with Crippen molar-refractivity contribution in [3.05, 3.63) is 10.4 Å². The smallest absolute Gasteiger partial charge is 0.302 e. The SMILES string of the molecule is [N-]=[N+]=NC(F)(F)OOP(=O)(O)OP(=O)(O)OP(=O)(O)O. The maximum absolute atomic E-state index is 12.3. The number of halogens is 2. The van der Waals surface area contributed by atoms with E-state index in [2.05, 4.69) is 18.2 Å². The van der Waals surface area contributed by atoms with E-state index >= 15 is 0 Å². The molecule has 0 aliphatic carbocycles. The third-order valence-electron chi connectivity index (χ3n) is 0.809. The Balaban J connectivity index is 4.76. The Hall–Kier alpha value is -0.460. The molecule has 0 aromatic rings. The first-order valence-electron chi connectivity index (χ1n) is 3.63. The highest BCUT2D eigenvalue weighted by Crippen LogP contribution is 2.66. The molecule has 2 unspecified atom stereocenters. The van der Waals surface area contributed by atoms with Crippen molar-refractivity contribution >= 4 is 23.5 Å². The molecule has 4 N–H and O–H groups in total. The van der Waals surface area contributed by atoms with Crippen molar-refractivity contribution in [3.8, 4) is 0 Å². The first-order chi connectivity index (χ1) is 8.68. The Morgan fingerprint density at radius 1 is 1.05 bits per heavy atom. The lowest BCUT2D eigenvalue weighted by atomic mass is 11.2. The summed E-state index contributed by atoms with van der Waals surface area (Å²) < 4.78 is 65.6. The molecule has 2 atom stereocenters. The van der Waals surface area contributed by atoms with Crippen LogP contribution in [0.2, 0.25) is 0 Å². The van der Waals surface area contributed by atoms with Gasteiger partial charge in [0, 0.05) is 10.0 Å². The number of hydrogen-bond acceptors (Lipinski definition) is 8. The molecule has 0 aliphatic rings. The molecule has 0 aliphatic heterocycles. The predicted molar refractivity (Wildman–Crippen MR) is 50.1 cm³/mol. The summed E-state index contributed by atoms with van der Waals surface area (Å²) in [6.07, 6.45) is -4.78. The topological polar surface area (TPSA) is 218 Å². The van der Waals surface area contributed by atoms with Crippen LogP contribution in [0.4, 0.5) is 8.78 Å². The highest BCUT2D eigenvalue weighted by Gasteiger charge is 2.43. The zero-order valence-electron chi connectivity index (χ0n) is 8.59. The third kappa shape index (κ3) is 9.44. The van der Waals surface area contributed by atoms with E-state index in [1.807, 2.05) is 0 Å². The van der Waals surface area contributed by atoms with Gasteiger partial charge in [-0.05, 0) is 5.53 Å². The normalized spacial score (nSPS) is 18.7. The second kappa shape index (κ2) is 6.54. The zero-order valence-corrected chi connectivity index (χ0v) is 11.3. The molecule has 0 amide bonds. The van der Waals surface area contributed by atoms with Crippen LogP contribution in [-0.4, -0.2) is 25.8 Å². The second-order valence-corrected chi connectivity index (χ2v) is 6.74. The van der Waals surface area contributed by atoms with E-state index in [-0.39, 0.29) is 0 Å². The van der Waals surface area contributed by atoms with Crippen LogP contribution >= 0.6 is 23.5 Å². The molecule has 0 radical (unpaired) electrons. The van der Waals surface area contributed by atoms with Gasteiger partial charge in [-0.3, -0.25) is 0 Å². The van der Waals surface area contributed by atoms with Gasteiger partial charge >= 0.3 is 29.7 Å². The fraction of sp³-hybridized carbons (Fsp3) is 1.00. The predicted octanol–water partition coefficient (Wildman–Crippen LogP) is 1.12. The molecule has 0 spiro atoms. The van der Waals surface area contributed by atoms with Crippen molar-refractivity contribution in [3.63, 3.8) is 0 Å². The third-order valence-corrected chi connectivity index (χ3v) is 4.40. The molecule has 0 bridgehead atoms. The van der Waals surface area contributed by atoms with Crippen LogP contribution in [-0.2, 0) is 31.9 Å². The van der Waals surface area contributed by atoms with E-state index in [4.69, 9.17) is 25.1 Å². The maximum Gasteiger partial charge on any atom is 0.508 e. The summed E-state index contributed by atoms with van der Waals surface area (Å²) in [7, 11) is -17.4. The van der Waals surface area contributed by atoms with E-state index in [1.54, 1.807) is 10.0 Å². The van der Waals surface area contributed by atoms with Crippen LogP contribution in [0.15, 0.2) is 5.11 Å². The summed E-state index contributed by atoms with van der Waals surface area (Å²) in [6, 6.07) is 0. The van der Waals surface area contributed by atoms with Crippen LogP contribution in [0, 0.1) is 0 Å². The van der Waals surface area contributed by atoms with Gasteiger partial charge < -0.3 is 19.6 Å². The van der Waals surface area contributed by atoms with Gasteiger partial charge in [-0.15, -0.1) is 9.56 Å². The fourth-order valence-electron chi connectivity index (χ4n) is 0.454. The lowest BCUT2D eigenvalue weighted by Crippen LogP contribution is -2.16. The quantitative estimate of drug-likeness (QED) is 0.0908. The average Bonchev–Trinajstić information content (AvgIpc) is 2.09. The number of hydrogen-bond donors (Lipinski definition) is 4. The Morgan fingerprint density at radius 2 is 1.55 bits per heavy atom. The fourth-order valence-corrected chi connectivity index (χ4v) is 3.25. The molecule has 19 heteroatoms. The average molecular weight is 365 g/mol. The first kappa shape index (κ1) is 19.5. The summed E-state index contributed by atoms with van der Waals surface area (Å²) in [6.45, 7) is 0.